The molecule has 0 saturated carbocycles. The second-order valence-electron chi connectivity index (χ2n) is 0.831. The molecule has 0 fully saturated rings. The number of rotatable bonds is 0. The van der Waals surface area contributed by atoms with Crippen molar-refractivity contribution in [3.05, 3.63) is 0 Å². The molecule has 7 heavy (non-hydrogen) atoms. The lowest BCUT2D eigenvalue weighted by Crippen LogP contribution is -1.81. The quantitative estimate of drug-likeness (QED) is 0.477. The van der Waals surface area contributed by atoms with Crippen LogP contribution in [-0.4, -0.2) is 9.69 Å². The molecule has 2 nitrogen and oxygen atoms in total. The van der Waals surface area contributed by atoms with E-state index in [0.29, 0.717) is 11.8 Å². The second-order valence-corrected chi connectivity index (χ2v) is 2.55. The minimum atomic E-state index is -0.674. The van der Waals surface area contributed by atoms with Crippen LogP contribution in [0.4, 0.5) is 4.79 Å². The zero-order valence-electron chi connectivity index (χ0n) is 3.60. The Balaban J connectivity index is 3.32. The smallest absolute Gasteiger partial charge is 0.287 e. The molecule has 0 saturated heterocycles. The molecule has 0 N–H and O–H groups in total. The van der Waals surface area contributed by atoms with Gasteiger partial charge in [0.05, 0.1) is 0 Å². The predicted molar refractivity (Wildman–Crippen MR) is 29.5 cm³/mol. The van der Waals surface area contributed by atoms with Gasteiger partial charge in [0.1, 0.15) is 0 Å². The highest BCUT2D eigenvalue weighted by molar-refractivity contribution is 8.28. The van der Waals surface area contributed by atoms with Crippen LogP contribution in [0.3, 0.4) is 0 Å². The van der Waals surface area contributed by atoms with Gasteiger partial charge in [-0.15, -0.1) is 0 Å². The molecule has 0 rings (SSSR count). The zero-order valence-corrected chi connectivity index (χ0v) is 5.18. The molecule has 0 aromatic carbocycles. The monoisotopic (exact) mass is 138 g/mol. The summed E-state index contributed by atoms with van der Waals surface area (Å²) in [6.07, 6.45) is 0. The van der Waals surface area contributed by atoms with E-state index in [9.17, 15) is 9.59 Å². The molecule has 0 unspecified atom stereocenters. The van der Waals surface area contributed by atoms with Crippen molar-refractivity contribution in [2.45, 2.75) is 6.92 Å². The van der Waals surface area contributed by atoms with E-state index in [4.69, 9.17) is 11.6 Å². The van der Waals surface area contributed by atoms with Gasteiger partial charge in [-0.1, -0.05) is 0 Å². The van der Waals surface area contributed by atoms with Gasteiger partial charge in [0.15, 0.2) is 5.12 Å². The molecular formula is C3H3ClO2S. The highest BCUT2D eigenvalue weighted by Crippen LogP contribution is 2.06. The van der Waals surface area contributed by atoms with Gasteiger partial charge in [-0.2, -0.15) is 0 Å². The minimum absolute atomic E-state index is 0.278. The van der Waals surface area contributed by atoms with Crippen molar-refractivity contribution in [3.8, 4) is 0 Å². The molecule has 0 bridgehead atoms. The van der Waals surface area contributed by atoms with Crippen molar-refractivity contribution in [1.29, 1.82) is 0 Å². The van der Waals surface area contributed by atoms with E-state index >= 15 is 0 Å². The first-order valence-corrected chi connectivity index (χ1v) is 2.70. The summed E-state index contributed by atoms with van der Waals surface area (Å²) in [6.45, 7) is 1.28. The van der Waals surface area contributed by atoms with Crippen molar-refractivity contribution in [1.82, 2.24) is 0 Å². The van der Waals surface area contributed by atoms with E-state index in [0.717, 1.165) is 0 Å². The fourth-order valence-electron chi connectivity index (χ4n) is 0.113. The van der Waals surface area contributed by atoms with E-state index in [1.165, 1.54) is 6.92 Å². The number of carbonyl (C=O) groups is 2. The van der Waals surface area contributed by atoms with E-state index in [2.05, 4.69) is 0 Å². The summed E-state index contributed by atoms with van der Waals surface area (Å²) in [7, 11) is 0. The van der Waals surface area contributed by atoms with Gasteiger partial charge in [0.2, 0.25) is 0 Å². The summed E-state index contributed by atoms with van der Waals surface area (Å²) in [5, 5.41) is -0.278. The zero-order chi connectivity index (χ0) is 5.86. The average molecular weight is 139 g/mol. The van der Waals surface area contributed by atoms with E-state index < -0.39 is 4.57 Å². The van der Waals surface area contributed by atoms with Crippen LogP contribution in [0.2, 0.25) is 0 Å². The van der Waals surface area contributed by atoms with E-state index in [-0.39, 0.29) is 5.12 Å². The minimum Gasteiger partial charge on any atom is -0.287 e. The Labute approximate surface area is 50.2 Å². The standard InChI is InChI=1S/C3H3ClO2S/c1-2(5)7-3(4)6/h1H3. The SMILES string of the molecule is CC(=O)SC(=O)Cl. The first kappa shape index (κ1) is 6.98. The lowest BCUT2D eigenvalue weighted by molar-refractivity contribution is -0.109. The summed E-state index contributed by atoms with van der Waals surface area (Å²) < 4.78 is -0.674. The molecule has 0 aliphatic rings. The number of halogens is 1. The molecule has 40 valence electrons. The molecule has 0 atom stereocenters. The molecule has 0 aromatic heterocycles. The lowest BCUT2D eigenvalue weighted by atomic mass is 10.9. The average Bonchev–Trinajstić information content (AvgIpc) is 1.27. The molecule has 0 aromatic rings. The van der Waals surface area contributed by atoms with Crippen molar-refractivity contribution in [2.75, 3.05) is 0 Å². The Morgan fingerprint density at radius 3 is 2.00 bits per heavy atom. The first-order chi connectivity index (χ1) is 3.13. The Morgan fingerprint density at radius 1 is 1.57 bits per heavy atom. The van der Waals surface area contributed by atoms with Crippen molar-refractivity contribution >= 4 is 33.1 Å². The number of hydrogen-bond acceptors (Lipinski definition) is 3. The maximum atomic E-state index is 9.91. The Morgan fingerprint density at radius 2 is 2.00 bits per heavy atom. The maximum Gasteiger partial charge on any atom is 0.287 e. The highest BCUT2D eigenvalue weighted by atomic mass is 35.5. The Hall–Kier alpha value is -0.0200. The van der Waals surface area contributed by atoms with Gasteiger partial charge in [-0.25, -0.2) is 0 Å². The van der Waals surface area contributed by atoms with Crippen LogP contribution in [0.15, 0.2) is 0 Å². The van der Waals surface area contributed by atoms with Crippen molar-refractivity contribution in [2.24, 2.45) is 0 Å². The molecular weight excluding hydrogens is 136 g/mol. The van der Waals surface area contributed by atoms with Crippen LogP contribution in [0.25, 0.3) is 0 Å². The fourth-order valence-corrected chi connectivity index (χ4v) is 0.665. The summed E-state index contributed by atoms with van der Waals surface area (Å²) in [5.41, 5.74) is 0. The van der Waals surface area contributed by atoms with Gasteiger partial charge in [0.25, 0.3) is 4.57 Å². The summed E-state index contributed by atoms with van der Waals surface area (Å²) in [5.74, 6) is 0. The Kier molecular flexibility index (Phi) is 3.04. The summed E-state index contributed by atoms with van der Waals surface area (Å²) in [6, 6.07) is 0. The summed E-state index contributed by atoms with van der Waals surface area (Å²) >= 11 is 5.27. The third kappa shape index (κ3) is 5.98. The molecule has 4 heteroatoms. The van der Waals surface area contributed by atoms with Crippen LogP contribution >= 0.6 is 23.4 Å². The van der Waals surface area contributed by atoms with Gasteiger partial charge >= 0.3 is 0 Å². The number of hydrogen-bond donors (Lipinski definition) is 0. The molecule has 0 radical (unpaired) electrons. The van der Waals surface area contributed by atoms with Crippen molar-refractivity contribution in [3.63, 3.8) is 0 Å². The fraction of sp³-hybridized carbons (Fsp3) is 0.333. The molecule has 0 aliphatic carbocycles. The molecule has 0 heterocycles. The Bertz CT molecular complexity index is 89.1. The largest absolute Gasteiger partial charge is 0.287 e. The van der Waals surface area contributed by atoms with Gasteiger partial charge in [-0.05, 0) is 11.6 Å². The highest BCUT2D eigenvalue weighted by Gasteiger charge is 1.98. The van der Waals surface area contributed by atoms with Gasteiger partial charge in [-0.3, -0.25) is 9.59 Å². The third-order valence-corrected chi connectivity index (χ3v) is 0.903. The molecule has 0 amide bonds. The maximum absolute atomic E-state index is 9.91. The number of carbonyl (C=O) groups excluding carboxylic acids is 2. The second kappa shape index (κ2) is 3.04. The predicted octanol–water partition coefficient (Wildman–Crippen LogP) is 1.62. The van der Waals surface area contributed by atoms with Gasteiger partial charge < -0.3 is 0 Å². The van der Waals surface area contributed by atoms with Gasteiger partial charge in [0, 0.05) is 18.7 Å². The number of thioether (sulfide) groups is 1. The molecule has 0 spiro atoms. The van der Waals surface area contributed by atoms with Crippen LogP contribution < -0.4 is 0 Å². The van der Waals surface area contributed by atoms with E-state index in [1.807, 2.05) is 0 Å². The normalized spacial score (nSPS) is 8.29. The van der Waals surface area contributed by atoms with Crippen LogP contribution in [-0.2, 0) is 4.79 Å². The van der Waals surface area contributed by atoms with Crippen LogP contribution in [0.1, 0.15) is 6.92 Å². The third-order valence-electron chi connectivity index (χ3n) is 0.224. The lowest BCUT2D eigenvalue weighted by Gasteiger charge is -1.78. The van der Waals surface area contributed by atoms with Crippen LogP contribution in [0.5, 0.6) is 0 Å². The molecule has 0 aliphatic heterocycles. The van der Waals surface area contributed by atoms with Crippen LogP contribution in [0, 0.1) is 0 Å². The topological polar surface area (TPSA) is 34.1 Å². The van der Waals surface area contributed by atoms with Crippen molar-refractivity contribution < 1.29 is 9.59 Å². The van der Waals surface area contributed by atoms with E-state index in [1.54, 1.807) is 0 Å². The first-order valence-electron chi connectivity index (χ1n) is 1.51. The summed E-state index contributed by atoms with van der Waals surface area (Å²) in [4.78, 5) is 19.7.